The molecule has 0 fully saturated rings. The highest BCUT2D eigenvalue weighted by atomic mass is 16.6. The minimum atomic E-state index is -1.15. The Kier molecular flexibility index (Phi) is 2.36. The molecule has 0 bridgehead atoms. The standard InChI is InChI=1S/C11H9N3O4/c15-11(16)10-12-9(13-14-10)6-1-2-7-8(5-6)18-4-3-17-7/h1-2,5H,3-4H2,(H,15,16)(H,12,13,14). The molecule has 0 saturated carbocycles. The van der Waals surface area contributed by atoms with Gasteiger partial charge in [-0.15, -0.1) is 0 Å². The Morgan fingerprint density at radius 1 is 1.28 bits per heavy atom. The Balaban J connectivity index is 1.98. The van der Waals surface area contributed by atoms with Crippen molar-refractivity contribution >= 4 is 5.97 Å². The molecule has 7 heteroatoms. The van der Waals surface area contributed by atoms with E-state index in [1.165, 1.54) is 0 Å². The summed E-state index contributed by atoms with van der Waals surface area (Å²) in [4.78, 5) is 14.6. The average Bonchev–Trinajstić information content (AvgIpc) is 2.88. The Morgan fingerprint density at radius 2 is 2.06 bits per heavy atom. The van der Waals surface area contributed by atoms with E-state index in [1.807, 2.05) is 0 Å². The Hall–Kier alpha value is -2.57. The van der Waals surface area contributed by atoms with Gasteiger partial charge < -0.3 is 14.6 Å². The summed E-state index contributed by atoms with van der Waals surface area (Å²) < 4.78 is 10.8. The Labute approximate surface area is 101 Å². The van der Waals surface area contributed by atoms with Gasteiger partial charge in [0.25, 0.3) is 0 Å². The minimum Gasteiger partial charge on any atom is -0.486 e. The Morgan fingerprint density at radius 3 is 2.78 bits per heavy atom. The first-order valence-electron chi connectivity index (χ1n) is 5.30. The third-order valence-electron chi connectivity index (χ3n) is 2.49. The lowest BCUT2D eigenvalue weighted by Crippen LogP contribution is -2.15. The summed E-state index contributed by atoms with van der Waals surface area (Å²) in [5.41, 5.74) is 0.669. The third kappa shape index (κ3) is 1.75. The smallest absolute Gasteiger partial charge is 0.373 e. The van der Waals surface area contributed by atoms with Gasteiger partial charge >= 0.3 is 5.97 Å². The number of nitrogens with zero attached hydrogens (tertiary/aromatic N) is 2. The maximum atomic E-state index is 10.7. The number of aromatic carboxylic acids is 1. The molecule has 0 saturated heterocycles. The van der Waals surface area contributed by atoms with Crippen molar-refractivity contribution in [2.75, 3.05) is 13.2 Å². The molecule has 3 rings (SSSR count). The van der Waals surface area contributed by atoms with Crippen molar-refractivity contribution in [3.8, 4) is 22.9 Å². The number of carboxylic acids is 1. The lowest BCUT2D eigenvalue weighted by Gasteiger charge is -2.18. The van der Waals surface area contributed by atoms with Gasteiger partial charge in [0.05, 0.1) is 0 Å². The van der Waals surface area contributed by atoms with Crippen LogP contribution in [0.1, 0.15) is 10.6 Å². The van der Waals surface area contributed by atoms with Crippen LogP contribution in [0.15, 0.2) is 18.2 Å². The molecular weight excluding hydrogens is 238 g/mol. The molecule has 0 atom stereocenters. The number of H-pyrrole nitrogens is 1. The molecule has 2 heterocycles. The average molecular weight is 247 g/mol. The van der Waals surface area contributed by atoms with Crippen molar-refractivity contribution in [1.29, 1.82) is 0 Å². The number of nitrogens with one attached hydrogen (secondary N) is 1. The van der Waals surface area contributed by atoms with Crippen molar-refractivity contribution in [3.63, 3.8) is 0 Å². The highest BCUT2D eigenvalue weighted by Crippen LogP contribution is 2.33. The lowest BCUT2D eigenvalue weighted by molar-refractivity contribution is 0.0684. The molecule has 0 aliphatic carbocycles. The summed E-state index contributed by atoms with van der Waals surface area (Å²) >= 11 is 0. The van der Waals surface area contributed by atoms with Crippen LogP contribution in [0.25, 0.3) is 11.4 Å². The number of benzene rings is 1. The fraction of sp³-hybridized carbons (Fsp3) is 0.182. The number of carboxylic acid groups (broad SMARTS) is 1. The normalized spacial score (nSPS) is 13.3. The van der Waals surface area contributed by atoms with Crippen LogP contribution in [0.5, 0.6) is 11.5 Å². The van der Waals surface area contributed by atoms with Gasteiger partial charge in [0, 0.05) is 5.56 Å². The first kappa shape index (κ1) is 10.6. The third-order valence-corrected chi connectivity index (χ3v) is 2.49. The van der Waals surface area contributed by atoms with Gasteiger partial charge in [-0.05, 0) is 18.2 Å². The molecule has 1 aromatic heterocycles. The molecule has 92 valence electrons. The second kappa shape index (κ2) is 4.02. The first-order chi connectivity index (χ1) is 8.74. The van der Waals surface area contributed by atoms with Gasteiger partial charge in [0.15, 0.2) is 17.3 Å². The zero-order valence-electron chi connectivity index (χ0n) is 9.21. The molecule has 1 aromatic carbocycles. The van der Waals surface area contributed by atoms with Crippen LogP contribution in [-0.2, 0) is 0 Å². The summed E-state index contributed by atoms with van der Waals surface area (Å²) in [6, 6.07) is 5.23. The molecule has 2 N–H and O–H groups in total. The highest BCUT2D eigenvalue weighted by Gasteiger charge is 2.15. The summed E-state index contributed by atoms with van der Waals surface area (Å²) in [7, 11) is 0. The van der Waals surface area contributed by atoms with Gasteiger partial charge in [-0.2, -0.15) is 5.10 Å². The van der Waals surface area contributed by atoms with E-state index in [9.17, 15) is 4.79 Å². The summed E-state index contributed by atoms with van der Waals surface area (Å²) in [6.45, 7) is 1.01. The second-order valence-corrected chi connectivity index (χ2v) is 3.67. The number of rotatable bonds is 2. The molecule has 7 nitrogen and oxygen atoms in total. The van der Waals surface area contributed by atoms with Crippen molar-refractivity contribution in [1.82, 2.24) is 15.2 Å². The molecule has 1 aliphatic heterocycles. The van der Waals surface area contributed by atoms with Gasteiger partial charge in [-0.1, -0.05) is 0 Å². The van der Waals surface area contributed by atoms with Gasteiger partial charge in [0.1, 0.15) is 13.2 Å². The number of hydrogen-bond donors (Lipinski definition) is 2. The Bertz CT molecular complexity index is 608. The number of ether oxygens (including phenoxy) is 2. The molecular formula is C11H9N3O4. The monoisotopic (exact) mass is 247 g/mol. The molecule has 2 aromatic rings. The van der Waals surface area contributed by atoms with Gasteiger partial charge in [-0.25, -0.2) is 9.78 Å². The van der Waals surface area contributed by atoms with Crippen molar-refractivity contribution in [2.24, 2.45) is 0 Å². The van der Waals surface area contributed by atoms with E-state index < -0.39 is 5.97 Å². The van der Waals surface area contributed by atoms with E-state index >= 15 is 0 Å². The topological polar surface area (TPSA) is 97.3 Å². The molecule has 0 spiro atoms. The van der Waals surface area contributed by atoms with E-state index in [0.717, 1.165) is 0 Å². The largest absolute Gasteiger partial charge is 0.486 e. The number of carbonyl (C=O) groups is 1. The zero-order valence-corrected chi connectivity index (χ0v) is 9.21. The maximum Gasteiger partial charge on any atom is 0.373 e. The molecule has 0 amide bonds. The van der Waals surface area contributed by atoms with E-state index in [1.54, 1.807) is 18.2 Å². The van der Waals surface area contributed by atoms with E-state index in [2.05, 4.69) is 15.2 Å². The first-order valence-corrected chi connectivity index (χ1v) is 5.30. The van der Waals surface area contributed by atoms with Crippen LogP contribution in [0.3, 0.4) is 0 Å². The van der Waals surface area contributed by atoms with Crippen LogP contribution in [0.2, 0.25) is 0 Å². The number of hydrogen-bond acceptors (Lipinski definition) is 5. The lowest BCUT2D eigenvalue weighted by atomic mass is 10.2. The van der Waals surface area contributed by atoms with Crippen LogP contribution in [-0.4, -0.2) is 39.5 Å². The maximum absolute atomic E-state index is 10.7. The summed E-state index contributed by atoms with van der Waals surface area (Å²) in [6.07, 6.45) is 0. The number of fused-ring (bicyclic) bond motifs is 1. The highest BCUT2D eigenvalue weighted by molar-refractivity contribution is 5.83. The van der Waals surface area contributed by atoms with Gasteiger partial charge in [0.2, 0.25) is 5.82 Å². The van der Waals surface area contributed by atoms with Crippen LogP contribution in [0, 0.1) is 0 Å². The summed E-state index contributed by atoms with van der Waals surface area (Å²) in [5.74, 6) is 0.245. The van der Waals surface area contributed by atoms with Crippen molar-refractivity contribution < 1.29 is 19.4 Å². The van der Waals surface area contributed by atoms with E-state index in [-0.39, 0.29) is 5.82 Å². The van der Waals surface area contributed by atoms with Crippen molar-refractivity contribution in [3.05, 3.63) is 24.0 Å². The number of aromatic amines is 1. The summed E-state index contributed by atoms with van der Waals surface area (Å²) in [5, 5.41) is 15.0. The minimum absolute atomic E-state index is 0.195. The fourth-order valence-electron chi connectivity index (χ4n) is 1.67. The van der Waals surface area contributed by atoms with Crippen molar-refractivity contribution in [2.45, 2.75) is 0 Å². The molecule has 1 aliphatic rings. The molecule has 0 unspecified atom stereocenters. The predicted molar refractivity (Wildman–Crippen MR) is 59.8 cm³/mol. The van der Waals surface area contributed by atoms with Crippen LogP contribution >= 0.6 is 0 Å². The molecule has 18 heavy (non-hydrogen) atoms. The molecule has 0 radical (unpaired) electrons. The second-order valence-electron chi connectivity index (χ2n) is 3.67. The SMILES string of the molecule is O=C(O)c1nc(-c2ccc3c(c2)OCCO3)n[nH]1. The zero-order chi connectivity index (χ0) is 12.5. The predicted octanol–water partition coefficient (Wildman–Crippen LogP) is 0.941. The van der Waals surface area contributed by atoms with Crippen LogP contribution < -0.4 is 9.47 Å². The van der Waals surface area contributed by atoms with E-state index in [0.29, 0.717) is 36.1 Å². The van der Waals surface area contributed by atoms with Gasteiger partial charge in [-0.3, -0.25) is 5.10 Å². The number of aromatic nitrogens is 3. The fourth-order valence-corrected chi connectivity index (χ4v) is 1.67. The quantitative estimate of drug-likeness (QED) is 0.819. The van der Waals surface area contributed by atoms with E-state index in [4.69, 9.17) is 14.6 Å². The van der Waals surface area contributed by atoms with Crippen LogP contribution in [0.4, 0.5) is 0 Å².